The molecule has 6 nitrogen and oxygen atoms in total. The summed E-state index contributed by atoms with van der Waals surface area (Å²) in [7, 11) is 0. The second kappa shape index (κ2) is 6.26. The van der Waals surface area contributed by atoms with Crippen LogP contribution in [0.1, 0.15) is 36.6 Å². The van der Waals surface area contributed by atoms with Gasteiger partial charge < -0.3 is 21.1 Å². The number of primary amides is 1. The summed E-state index contributed by atoms with van der Waals surface area (Å²) in [6.07, 6.45) is 3.09. The maximum absolute atomic E-state index is 12.7. The van der Waals surface area contributed by atoms with Gasteiger partial charge in [0, 0.05) is 29.5 Å². The number of nitrogens with zero attached hydrogens (tertiary/aromatic N) is 1. The van der Waals surface area contributed by atoms with Crippen LogP contribution in [0.2, 0.25) is 0 Å². The van der Waals surface area contributed by atoms with E-state index in [1.54, 1.807) is 0 Å². The van der Waals surface area contributed by atoms with Gasteiger partial charge in [0.2, 0.25) is 5.91 Å². The van der Waals surface area contributed by atoms with Crippen molar-refractivity contribution in [1.82, 2.24) is 10.2 Å². The van der Waals surface area contributed by atoms with Crippen molar-refractivity contribution in [3.05, 3.63) is 22.4 Å². The van der Waals surface area contributed by atoms with Crippen LogP contribution in [0, 0.1) is 5.92 Å². The van der Waals surface area contributed by atoms with Gasteiger partial charge in [-0.05, 0) is 30.7 Å². The number of aliphatic hydroxyl groups is 1. The van der Waals surface area contributed by atoms with Gasteiger partial charge in [0.25, 0.3) is 0 Å². The molecule has 2 saturated heterocycles. The fourth-order valence-corrected chi connectivity index (χ4v) is 4.64. The highest BCUT2D eigenvalue weighted by Gasteiger charge is 2.48. The van der Waals surface area contributed by atoms with E-state index in [9.17, 15) is 14.7 Å². The lowest BCUT2D eigenvalue weighted by Gasteiger charge is -2.26. The van der Waals surface area contributed by atoms with Gasteiger partial charge in [0.1, 0.15) is 0 Å². The smallest absolute Gasteiger partial charge is 0.312 e. The molecule has 3 rings (SSSR count). The SMILES string of the molecule is NC(=O)NC(CC(=O)N1C2CCC1C(CO)C2)c1cccs1. The van der Waals surface area contributed by atoms with Crippen molar-refractivity contribution in [2.75, 3.05) is 6.61 Å². The van der Waals surface area contributed by atoms with Crippen molar-refractivity contribution >= 4 is 23.3 Å². The first-order valence-electron chi connectivity index (χ1n) is 7.61. The first-order valence-corrected chi connectivity index (χ1v) is 8.49. The fourth-order valence-electron chi connectivity index (χ4n) is 3.86. The Labute approximate surface area is 133 Å². The number of amides is 3. The van der Waals surface area contributed by atoms with E-state index < -0.39 is 6.03 Å². The number of fused-ring (bicyclic) bond motifs is 2. The summed E-state index contributed by atoms with van der Waals surface area (Å²) >= 11 is 1.50. The molecule has 0 aliphatic carbocycles. The topological polar surface area (TPSA) is 95.7 Å². The molecule has 7 heteroatoms. The van der Waals surface area contributed by atoms with Crippen LogP contribution in [0.15, 0.2) is 17.5 Å². The normalized spacial score (nSPS) is 27.9. The van der Waals surface area contributed by atoms with Crippen LogP contribution in [0.3, 0.4) is 0 Å². The zero-order chi connectivity index (χ0) is 15.7. The highest BCUT2D eigenvalue weighted by molar-refractivity contribution is 7.10. The van der Waals surface area contributed by atoms with Gasteiger partial charge in [-0.3, -0.25) is 4.79 Å². The predicted octanol–water partition coefficient (Wildman–Crippen LogP) is 1.22. The zero-order valence-electron chi connectivity index (χ0n) is 12.3. The second-order valence-corrected chi connectivity index (χ2v) is 7.04. The third-order valence-electron chi connectivity index (χ3n) is 4.77. The number of hydrogen-bond donors (Lipinski definition) is 3. The van der Waals surface area contributed by atoms with E-state index in [0.29, 0.717) is 0 Å². The molecular formula is C15H21N3O3S. The summed E-state index contributed by atoms with van der Waals surface area (Å²) < 4.78 is 0. The van der Waals surface area contributed by atoms with Gasteiger partial charge in [0.05, 0.1) is 12.5 Å². The molecule has 4 N–H and O–H groups in total. The van der Waals surface area contributed by atoms with E-state index in [2.05, 4.69) is 5.32 Å². The lowest BCUT2D eigenvalue weighted by atomic mass is 9.90. The molecule has 1 aromatic rings. The molecule has 2 bridgehead atoms. The molecule has 4 unspecified atom stereocenters. The van der Waals surface area contributed by atoms with Crippen molar-refractivity contribution < 1.29 is 14.7 Å². The third kappa shape index (κ3) is 2.83. The van der Waals surface area contributed by atoms with E-state index in [1.807, 2.05) is 22.4 Å². The van der Waals surface area contributed by atoms with E-state index >= 15 is 0 Å². The molecule has 0 spiro atoms. The number of rotatable bonds is 5. The Morgan fingerprint density at radius 2 is 2.32 bits per heavy atom. The van der Waals surface area contributed by atoms with E-state index in [1.165, 1.54) is 11.3 Å². The number of carbonyl (C=O) groups excluding carboxylic acids is 2. The number of nitrogens with one attached hydrogen (secondary N) is 1. The lowest BCUT2D eigenvalue weighted by molar-refractivity contribution is -0.133. The molecule has 22 heavy (non-hydrogen) atoms. The van der Waals surface area contributed by atoms with Crippen molar-refractivity contribution in [1.29, 1.82) is 0 Å². The molecule has 2 aliphatic rings. The molecular weight excluding hydrogens is 302 g/mol. The summed E-state index contributed by atoms with van der Waals surface area (Å²) in [5, 5.41) is 14.0. The van der Waals surface area contributed by atoms with Crippen molar-refractivity contribution in [2.45, 2.75) is 43.8 Å². The fraction of sp³-hybridized carbons (Fsp3) is 0.600. The number of nitrogens with two attached hydrogens (primary N) is 1. The van der Waals surface area contributed by atoms with E-state index in [-0.39, 0.29) is 43.0 Å². The zero-order valence-corrected chi connectivity index (χ0v) is 13.1. The van der Waals surface area contributed by atoms with Crippen LogP contribution >= 0.6 is 11.3 Å². The van der Waals surface area contributed by atoms with Crippen LogP contribution in [0.4, 0.5) is 4.79 Å². The summed E-state index contributed by atoms with van der Waals surface area (Å²) in [5.74, 6) is 0.239. The third-order valence-corrected chi connectivity index (χ3v) is 5.76. The molecule has 120 valence electrons. The molecule has 2 aliphatic heterocycles. The van der Waals surface area contributed by atoms with Crippen LogP contribution < -0.4 is 11.1 Å². The van der Waals surface area contributed by atoms with Gasteiger partial charge in [-0.2, -0.15) is 0 Å². The minimum atomic E-state index is -0.621. The van der Waals surface area contributed by atoms with Crippen molar-refractivity contribution in [3.8, 4) is 0 Å². The molecule has 0 radical (unpaired) electrons. The van der Waals surface area contributed by atoms with Crippen LogP contribution in [0.5, 0.6) is 0 Å². The Bertz CT molecular complexity index is 548. The predicted molar refractivity (Wildman–Crippen MR) is 83.2 cm³/mol. The summed E-state index contributed by atoms with van der Waals surface area (Å²) in [6, 6.07) is 3.18. The largest absolute Gasteiger partial charge is 0.396 e. The van der Waals surface area contributed by atoms with Gasteiger partial charge >= 0.3 is 6.03 Å². The number of urea groups is 1. The first kappa shape index (κ1) is 15.3. The van der Waals surface area contributed by atoms with Crippen LogP contribution in [-0.2, 0) is 4.79 Å². The molecule has 3 heterocycles. The minimum Gasteiger partial charge on any atom is -0.396 e. The van der Waals surface area contributed by atoms with Crippen molar-refractivity contribution in [2.24, 2.45) is 11.7 Å². The van der Waals surface area contributed by atoms with E-state index in [4.69, 9.17) is 5.73 Å². The Morgan fingerprint density at radius 3 is 2.91 bits per heavy atom. The summed E-state index contributed by atoms with van der Waals surface area (Å²) in [5.41, 5.74) is 5.24. The Balaban J connectivity index is 1.70. The maximum Gasteiger partial charge on any atom is 0.312 e. The first-order chi connectivity index (χ1) is 10.6. The number of aliphatic hydroxyl groups excluding tert-OH is 1. The van der Waals surface area contributed by atoms with Crippen molar-refractivity contribution in [3.63, 3.8) is 0 Å². The summed E-state index contributed by atoms with van der Waals surface area (Å²) in [6.45, 7) is 0.138. The monoisotopic (exact) mass is 323 g/mol. The maximum atomic E-state index is 12.7. The Morgan fingerprint density at radius 1 is 1.50 bits per heavy atom. The average Bonchev–Trinajstić information content (AvgIpc) is 3.21. The quantitative estimate of drug-likeness (QED) is 0.760. The molecule has 0 saturated carbocycles. The molecule has 4 atom stereocenters. The minimum absolute atomic E-state index is 0.0376. The number of hydrogen-bond acceptors (Lipinski definition) is 4. The van der Waals surface area contributed by atoms with Gasteiger partial charge in [-0.1, -0.05) is 6.07 Å². The lowest BCUT2D eigenvalue weighted by Crippen LogP contribution is -2.41. The summed E-state index contributed by atoms with van der Waals surface area (Å²) in [4.78, 5) is 26.8. The van der Waals surface area contributed by atoms with Crippen LogP contribution in [-0.4, -0.2) is 40.6 Å². The molecule has 0 aromatic carbocycles. The van der Waals surface area contributed by atoms with Crippen LogP contribution in [0.25, 0.3) is 0 Å². The Hall–Kier alpha value is -1.60. The van der Waals surface area contributed by atoms with Gasteiger partial charge in [0.15, 0.2) is 0 Å². The van der Waals surface area contributed by atoms with Gasteiger partial charge in [-0.25, -0.2) is 4.79 Å². The average molecular weight is 323 g/mol. The standard InChI is InChI=1S/C15H21N3O3S/c16-15(21)17-11(13-2-1-5-22-13)7-14(20)18-10-3-4-12(18)9(6-10)8-19/h1-2,5,9-12,19H,3-4,6-8H2,(H3,16,17,21). The highest BCUT2D eigenvalue weighted by Crippen LogP contribution is 2.42. The molecule has 1 aromatic heterocycles. The molecule has 2 fully saturated rings. The Kier molecular flexibility index (Phi) is 4.35. The highest BCUT2D eigenvalue weighted by atomic mass is 32.1. The molecule has 3 amide bonds. The number of thiophene rings is 1. The second-order valence-electron chi connectivity index (χ2n) is 6.06. The van der Waals surface area contributed by atoms with E-state index in [0.717, 1.165) is 24.1 Å². The van der Waals surface area contributed by atoms with Gasteiger partial charge in [-0.15, -0.1) is 11.3 Å². The number of carbonyl (C=O) groups is 2.